The Morgan fingerprint density at radius 3 is 2.63 bits per heavy atom. The molecule has 1 aromatic rings. The van der Waals surface area contributed by atoms with Crippen molar-refractivity contribution in [1.82, 2.24) is 10.2 Å². The molecule has 0 heterocycles. The monoisotopic (exact) mass is 284 g/mol. The van der Waals surface area contributed by atoms with Gasteiger partial charge in [0.2, 0.25) is 0 Å². The fourth-order valence-electron chi connectivity index (χ4n) is 1.65. The third-order valence-electron chi connectivity index (χ3n) is 2.84. The molecule has 0 aliphatic carbocycles. The van der Waals surface area contributed by atoms with Gasteiger partial charge in [0.25, 0.3) is 5.91 Å². The number of hydrogen-bond donors (Lipinski definition) is 1. The fraction of sp³-hybridized carbons (Fsp3) is 0.500. The van der Waals surface area contributed by atoms with Gasteiger partial charge < -0.3 is 15.0 Å². The van der Waals surface area contributed by atoms with Crippen LogP contribution in [0, 0.1) is 0 Å². The Kier molecular flexibility index (Phi) is 7.30. The fourth-order valence-corrected chi connectivity index (χ4v) is 1.84. The van der Waals surface area contributed by atoms with Crippen molar-refractivity contribution >= 4 is 17.5 Å². The lowest BCUT2D eigenvalue weighted by Crippen LogP contribution is -2.36. The first-order valence-electron chi connectivity index (χ1n) is 6.53. The third-order valence-corrected chi connectivity index (χ3v) is 3.15. The molecule has 1 amide bonds. The van der Waals surface area contributed by atoms with E-state index >= 15 is 0 Å². The van der Waals surface area contributed by atoms with E-state index in [0.717, 1.165) is 19.6 Å². The first-order valence-corrected chi connectivity index (χ1v) is 6.91. The molecule has 0 bridgehead atoms. The van der Waals surface area contributed by atoms with Crippen molar-refractivity contribution in [2.24, 2.45) is 0 Å². The van der Waals surface area contributed by atoms with E-state index in [1.165, 1.54) is 0 Å². The van der Waals surface area contributed by atoms with Crippen molar-refractivity contribution in [2.75, 3.05) is 32.8 Å². The van der Waals surface area contributed by atoms with Gasteiger partial charge in [0.05, 0.1) is 5.02 Å². The van der Waals surface area contributed by atoms with E-state index in [4.69, 9.17) is 16.3 Å². The molecule has 0 spiro atoms. The molecule has 1 N–H and O–H groups in total. The molecular formula is C14H21ClN2O2. The number of amides is 1. The molecule has 19 heavy (non-hydrogen) atoms. The highest BCUT2D eigenvalue weighted by molar-refractivity contribution is 6.32. The maximum atomic E-state index is 11.6. The Hall–Kier alpha value is -1.26. The molecule has 0 saturated heterocycles. The second-order valence-electron chi connectivity index (χ2n) is 4.10. The van der Waals surface area contributed by atoms with Crippen molar-refractivity contribution in [3.8, 4) is 5.75 Å². The van der Waals surface area contributed by atoms with Crippen LogP contribution in [0.3, 0.4) is 0 Å². The Morgan fingerprint density at radius 2 is 2.00 bits per heavy atom. The average Bonchev–Trinajstić information content (AvgIpc) is 2.43. The topological polar surface area (TPSA) is 41.6 Å². The van der Waals surface area contributed by atoms with Crippen LogP contribution in [-0.4, -0.2) is 43.6 Å². The van der Waals surface area contributed by atoms with Gasteiger partial charge in [-0.2, -0.15) is 0 Å². The third kappa shape index (κ3) is 5.94. The highest BCUT2D eigenvalue weighted by Gasteiger charge is 2.05. The summed E-state index contributed by atoms with van der Waals surface area (Å²) in [6, 6.07) is 7.11. The molecule has 0 fully saturated rings. The van der Waals surface area contributed by atoms with Crippen LogP contribution in [0.2, 0.25) is 5.02 Å². The van der Waals surface area contributed by atoms with E-state index in [2.05, 4.69) is 24.1 Å². The van der Waals surface area contributed by atoms with Crippen LogP contribution >= 0.6 is 11.6 Å². The van der Waals surface area contributed by atoms with Gasteiger partial charge in [0, 0.05) is 13.1 Å². The Morgan fingerprint density at radius 1 is 1.32 bits per heavy atom. The first kappa shape index (κ1) is 15.8. The largest absolute Gasteiger partial charge is 0.482 e. The van der Waals surface area contributed by atoms with Crippen LogP contribution in [0.15, 0.2) is 24.3 Å². The molecule has 0 aromatic heterocycles. The van der Waals surface area contributed by atoms with E-state index in [0.29, 0.717) is 17.3 Å². The van der Waals surface area contributed by atoms with Gasteiger partial charge in [0.1, 0.15) is 5.75 Å². The molecule has 0 aliphatic heterocycles. The second-order valence-corrected chi connectivity index (χ2v) is 4.50. The summed E-state index contributed by atoms with van der Waals surface area (Å²) in [7, 11) is 0. The number of halogens is 1. The number of benzene rings is 1. The number of hydrogen-bond acceptors (Lipinski definition) is 3. The van der Waals surface area contributed by atoms with Gasteiger partial charge >= 0.3 is 0 Å². The van der Waals surface area contributed by atoms with E-state index < -0.39 is 0 Å². The van der Waals surface area contributed by atoms with E-state index in [-0.39, 0.29) is 12.5 Å². The standard InChI is InChI=1S/C14H21ClN2O2/c1-3-17(4-2)10-9-16-14(18)11-19-13-8-6-5-7-12(13)15/h5-8H,3-4,9-11H2,1-2H3,(H,16,18). The van der Waals surface area contributed by atoms with Gasteiger partial charge in [0.15, 0.2) is 6.61 Å². The lowest BCUT2D eigenvalue weighted by atomic mass is 10.3. The highest BCUT2D eigenvalue weighted by atomic mass is 35.5. The van der Waals surface area contributed by atoms with Gasteiger partial charge in [-0.1, -0.05) is 37.6 Å². The van der Waals surface area contributed by atoms with Gasteiger partial charge in [-0.25, -0.2) is 0 Å². The quantitative estimate of drug-likeness (QED) is 0.795. The van der Waals surface area contributed by atoms with Crippen molar-refractivity contribution in [3.63, 3.8) is 0 Å². The number of ether oxygens (including phenoxy) is 1. The number of carbonyl (C=O) groups excluding carboxylic acids is 1. The smallest absolute Gasteiger partial charge is 0.257 e. The predicted octanol–water partition coefficient (Wildman–Crippen LogP) is 2.18. The van der Waals surface area contributed by atoms with Gasteiger partial charge in [-0.15, -0.1) is 0 Å². The number of para-hydroxylation sites is 1. The van der Waals surface area contributed by atoms with Crippen LogP contribution < -0.4 is 10.1 Å². The molecule has 106 valence electrons. The molecule has 4 nitrogen and oxygen atoms in total. The molecule has 0 aliphatic rings. The second kappa shape index (κ2) is 8.77. The zero-order chi connectivity index (χ0) is 14.1. The van der Waals surface area contributed by atoms with Crippen LogP contribution in [0.25, 0.3) is 0 Å². The highest BCUT2D eigenvalue weighted by Crippen LogP contribution is 2.22. The summed E-state index contributed by atoms with van der Waals surface area (Å²) >= 11 is 5.93. The number of rotatable bonds is 8. The van der Waals surface area contributed by atoms with Crippen molar-refractivity contribution < 1.29 is 9.53 Å². The Labute approximate surface area is 119 Å². The summed E-state index contributed by atoms with van der Waals surface area (Å²) in [5, 5.41) is 3.34. The predicted molar refractivity (Wildman–Crippen MR) is 77.7 cm³/mol. The molecule has 0 saturated carbocycles. The molecule has 0 atom stereocenters. The van der Waals surface area contributed by atoms with E-state index in [9.17, 15) is 4.79 Å². The number of nitrogens with zero attached hydrogens (tertiary/aromatic N) is 1. The lowest BCUT2D eigenvalue weighted by Gasteiger charge is -2.18. The van der Waals surface area contributed by atoms with Crippen molar-refractivity contribution in [3.05, 3.63) is 29.3 Å². The SMILES string of the molecule is CCN(CC)CCNC(=O)COc1ccccc1Cl. The zero-order valence-electron chi connectivity index (χ0n) is 11.5. The first-order chi connectivity index (χ1) is 9.17. The number of nitrogens with one attached hydrogen (secondary N) is 1. The van der Waals surface area contributed by atoms with Gasteiger partial charge in [-0.3, -0.25) is 4.79 Å². The number of carbonyl (C=O) groups is 1. The lowest BCUT2D eigenvalue weighted by molar-refractivity contribution is -0.123. The van der Waals surface area contributed by atoms with Crippen molar-refractivity contribution in [1.29, 1.82) is 0 Å². The molecule has 1 aromatic carbocycles. The molecule has 0 unspecified atom stereocenters. The summed E-state index contributed by atoms with van der Waals surface area (Å²) < 4.78 is 5.35. The van der Waals surface area contributed by atoms with E-state index in [1.54, 1.807) is 12.1 Å². The zero-order valence-corrected chi connectivity index (χ0v) is 12.2. The summed E-state index contributed by atoms with van der Waals surface area (Å²) in [6.07, 6.45) is 0. The molecule has 5 heteroatoms. The van der Waals surface area contributed by atoms with E-state index in [1.807, 2.05) is 12.1 Å². The normalized spacial score (nSPS) is 10.5. The summed E-state index contributed by atoms with van der Waals surface area (Å²) in [6.45, 7) is 7.65. The Balaban J connectivity index is 2.23. The van der Waals surface area contributed by atoms with Crippen LogP contribution in [-0.2, 0) is 4.79 Å². The van der Waals surface area contributed by atoms with Crippen LogP contribution in [0.4, 0.5) is 0 Å². The van der Waals surface area contributed by atoms with Crippen molar-refractivity contribution in [2.45, 2.75) is 13.8 Å². The van der Waals surface area contributed by atoms with Gasteiger partial charge in [-0.05, 0) is 25.2 Å². The minimum absolute atomic E-state index is 0.0119. The van der Waals surface area contributed by atoms with Crippen LogP contribution in [0.5, 0.6) is 5.75 Å². The number of likely N-dealkylation sites (N-methyl/N-ethyl adjacent to an activating group) is 1. The Bertz CT molecular complexity index is 395. The van der Waals surface area contributed by atoms with Crippen LogP contribution in [0.1, 0.15) is 13.8 Å². The summed E-state index contributed by atoms with van der Waals surface area (Å²) in [4.78, 5) is 13.8. The molecule has 1 rings (SSSR count). The average molecular weight is 285 g/mol. The maximum absolute atomic E-state index is 11.6. The minimum atomic E-state index is -0.132. The summed E-state index contributed by atoms with van der Waals surface area (Å²) in [5.41, 5.74) is 0. The minimum Gasteiger partial charge on any atom is -0.482 e. The maximum Gasteiger partial charge on any atom is 0.257 e. The summed E-state index contributed by atoms with van der Waals surface area (Å²) in [5.74, 6) is 0.398. The molecular weight excluding hydrogens is 264 g/mol. The molecule has 0 radical (unpaired) electrons.